The molecule has 94 valence electrons. The summed E-state index contributed by atoms with van der Waals surface area (Å²) in [5, 5.41) is 3.12. The average molecular weight is 227 g/mol. The van der Waals surface area contributed by atoms with Gasteiger partial charge in [0, 0.05) is 24.5 Å². The van der Waals surface area contributed by atoms with Gasteiger partial charge in [0.1, 0.15) is 0 Å². The highest BCUT2D eigenvalue weighted by Gasteiger charge is 2.27. The van der Waals surface area contributed by atoms with Crippen molar-refractivity contribution in [1.82, 2.24) is 10.2 Å². The standard InChI is InChI=1S/C12H25N3O/c1-8-7-15(4)6-5-11(8)14-12(16)9(2)10(3)13/h8-11H,5-7,13H2,1-4H3,(H,14,16). The lowest BCUT2D eigenvalue weighted by molar-refractivity contribution is -0.126. The van der Waals surface area contributed by atoms with E-state index in [-0.39, 0.29) is 17.9 Å². The van der Waals surface area contributed by atoms with Gasteiger partial charge in [-0.15, -0.1) is 0 Å². The molecule has 0 aromatic rings. The first-order valence-electron chi connectivity index (χ1n) is 6.16. The Balaban J connectivity index is 2.45. The quantitative estimate of drug-likeness (QED) is 0.735. The Morgan fingerprint density at radius 2 is 2.12 bits per heavy atom. The lowest BCUT2D eigenvalue weighted by Crippen LogP contribution is -2.51. The van der Waals surface area contributed by atoms with Crippen molar-refractivity contribution in [2.45, 2.75) is 39.3 Å². The highest BCUT2D eigenvalue weighted by atomic mass is 16.2. The Labute approximate surface area is 98.6 Å². The fraction of sp³-hybridized carbons (Fsp3) is 0.917. The summed E-state index contributed by atoms with van der Waals surface area (Å²) in [5.41, 5.74) is 5.73. The normalized spacial score (nSPS) is 30.8. The van der Waals surface area contributed by atoms with Gasteiger partial charge in [0.25, 0.3) is 0 Å². The minimum Gasteiger partial charge on any atom is -0.353 e. The van der Waals surface area contributed by atoms with Crippen LogP contribution in [-0.4, -0.2) is 43.0 Å². The van der Waals surface area contributed by atoms with Crippen molar-refractivity contribution >= 4 is 5.91 Å². The van der Waals surface area contributed by atoms with E-state index in [4.69, 9.17) is 5.73 Å². The van der Waals surface area contributed by atoms with Gasteiger partial charge in [-0.3, -0.25) is 4.79 Å². The van der Waals surface area contributed by atoms with Crippen molar-refractivity contribution in [2.24, 2.45) is 17.6 Å². The maximum Gasteiger partial charge on any atom is 0.224 e. The van der Waals surface area contributed by atoms with Crippen LogP contribution in [0.3, 0.4) is 0 Å². The number of likely N-dealkylation sites (tertiary alicyclic amines) is 1. The molecule has 4 nitrogen and oxygen atoms in total. The van der Waals surface area contributed by atoms with Crippen molar-refractivity contribution in [3.8, 4) is 0 Å². The zero-order valence-corrected chi connectivity index (χ0v) is 10.9. The number of rotatable bonds is 3. The van der Waals surface area contributed by atoms with Crippen LogP contribution in [0.5, 0.6) is 0 Å². The van der Waals surface area contributed by atoms with Gasteiger partial charge < -0.3 is 16.0 Å². The summed E-state index contributed by atoms with van der Waals surface area (Å²) in [7, 11) is 2.12. The number of amides is 1. The first kappa shape index (κ1) is 13.5. The Hall–Kier alpha value is -0.610. The summed E-state index contributed by atoms with van der Waals surface area (Å²) >= 11 is 0. The molecule has 0 radical (unpaired) electrons. The van der Waals surface area contributed by atoms with E-state index in [1.54, 1.807) is 0 Å². The molecule has 0 aromatic heterocycles. The molecule has 1 aliphatic rings. The fourth-order valence-corrected chi connectivity index (χ4v) is 2.12. The average Bonchev–Trinajstić information content (AvgIpc) is 2.20. The lowest BCUT2D eigenvalue weighted by atomic mass is 9.93. The first-order valence-corrected chi connectivity index (χ1v) is 6.16. The van der Waals surface area contributed by atoms with Gasteiger partial charge >= 0.3 is 0 Å². The molecule has 3 N–H and O–H groups in total. The molecule has 1 heterocycles. The maximum atomic E-state index is 11.9. The monoisotopic (exact) mass is 227 g/mol. The van der Waals surface area contributed by atoms with Crippen LogP contribution in [0, 0.1) is 11.8 Å². The molecule has 1 saturated heterocycles. The van der Waals surface area contributed by atoms with Gasteiger partial charge in [-0.1, -0.05) is 13.8 Å². The molecule has 1 rings (SSSR count). The predicted octanol–water partition coefficient (Wildman–Crippen LogP) is 0.426. The lowest BCUT2D eigenvalue weighted by Gasteiger charge is -2.35. The second kappa shape index (κ2) is 5.64. The minimum atomic E-state index is -0.105. The van der Waals surface area contributed by atoms with E-state index in [2.05, 4.69) is 24.2 Å². The van der Waals surface area contributed by atoms with E-state index in [0.29, 0.717) is 12.0 Å². The van der Waals surface area contributed by atoms with Crippen LogP contribution in [0.15, 0.2) is 0 Å². The third-order valence-electron chi connectivity index (χ3n) is 3.64. The van der Waals surface area contributed by atoms with Crippen LogP contribution in [0.4, 0.5) is 0 Å². The number of carbonyl (C=O) groups excluding carboxylic acids is 1. The third-order valence-corrected chi connectivity index (χ3v) is 3.64. The van der Waals surface area contributed by atoms with Gasteiger partial charge in [-0.25, -0.2) is 0 Å². The van der Waals surface area contributed by atoms with Crippen LogP contribution in [0.2, 0.25) is 0 Å². The summed E-state index contributed by atoms with van der Waals surface area (Å²) in [6, 6.07) is 0.228. The molecule has 1 fully saturated rings. The zero-order chi connectivity index (χ0) is 12.3. The van der Waals surface area contributed by atoms with Gasteiger partial charge in [0.05, 0.1) is 0 Å². The largest absolute Gasteiger partial charge is 0.353 e. The molecule has 1 aliphatic heterocycles. The molecule has 0 spiro atoms. The molecule has 4 heteroatoms. The van der Waals surface area contributed by atoms with Crippen LogP contribution in [0.25, 0.3) is 0 Å². The summed E-state index contributed by atoms with van der Waals surface area (Å²) in [4.78, 5) is 14.2. The van der Waals surface area contributed by atoms with E-state index in [1.165, 1.54) is 0 Å². The number of carbonyl (C=O) groups is 1. The van der Waals surface area contributed by atoms with E-state index < -0.39 is 0 Å². The number of nitrogens with zero attached hydrogens (tertiary/aromatic N) is 1. The number of piperidine rings is 1. The van der Waals surface area contributed by atoms with Crippen LogP contribution in [0.1, 0.15) is 27.2 Å². The van der Waals surface area contributed by atoms with Crippen LogP contribution < -0.4 is 11.1 Å². The minimum absolute atomic E-state index is 0.0819. The molecular formula is C12H25N3O. The molecule has 1 amide bonds. The van der Waals surface area contributed by atoms with E-state index >= 15 is 0 Å². The molecule has 16 heavy (non-hydrogen) atoms. The Kier molecular flexibility index (Phi) is 4.74. The smallest absolute Gasteiger partial charge is 0.224 e. The molecule has 0 bridgehead atoms. The Bertz CT molecular complexity index is 242. The van der Waals surface area contributed by atoms with Crippen molar-refractivity contribution in [1.29, 1.82) is 0 Å². The van der Waals surface area contributed by atoms with Gasteiger partial charge in [-0.2, -0.15) is 0 Å². The summed E-state index contributed by atoms with van der Waals surface area (Å²) in [6.07, 6.45) is 1.04. The highest BCUT2D eigenvalue weighted by Crippen LogP contribution is 2.16. The first-order chi connectivity index (χ1) is 7.41. The number of nitrogens with one attached hydrogen (secondary N) is 1. The molecule has 0 saturated carbocycles. The third kappa shape index (κ3) is 3.46. The Morgan fingerprint density at radius 1 is 1.50 bits per heavy atom. The molecule has 4 atom stereocenters. The molecule has 0 aliphatic carbocycles. The van der Waals surface area contributed by atoms with Crippen molar-refractivity contribution < 1.29 is 4.79 Å². The van der Waals surface area contributed by atoms with Gasteiger partial charge in [0.15, 0.2) is 0 Å². The van der Waals surface area contributed by atoms with E-state index in [1.807, 2.05) is 13.8 Å². The summed E-state index contributed by atoms with van der Waals surface area (Å²) < 4.78 is 0. The van der Waals surface area contributed by atoms with Crippen molar-refractivity contribution in [3.05, 3.63) is 0 Å². The maximum absolute atomic E-state index is 11.9. The predicted molar refractivity (Wildman–Crippen MR) is 66.0 cm³/mol. The van der Waals surface area contributed by atoms with Crippen molar-refractivity contribution in [2.75, 3.05) is 20.1 Å². The molecule has 0 aromatic carbocycles. The summed E-state index contributed by atoms with van der Waals surface area (Å²) in [5.74, 6) is 0.506. The second-order valence-corrected chi connectivity index (χ2v) is 5.29. The second-order valence-electron chi connectivity index (χ2n) is 5.29. The van der Waals surface area contributed by atoms with Crippen LogP contribution >= 0.6 is 0 Å². The number of nitrogens with two attached hydrogens (primary N) is 1. The van der Waals surface area contributed by atoms with Crippen molar-refractivity contribution in [3.63, 3.8) is 0 Å². The molecular weight excluding hydrogens is 202 g/mol. The van der Waals surface area contributed by atoms with Gasteiger partial charge in [0.2, 0.25) is 5.91 Å². The zero-order valence-electron chi connectivity index (χ0n) is 10.9. The SMILES string of the molecule is CC(N)C(C)C(=O)NC1CCN(C)CC1C. The van der Waals surface area contributed by atoms with Crippen LogP contribution in [-0.2, 0) is 4.79 Å². The fourth-order valence-electron chi connectivity index (χ4n) is 2.12. The van der Waals surface area contributed by atoms with E-state index in [9.17, 15) is 4.79 Å². The van der Waals surface area contributed by atoms with E-state index in [0.717, 1.165) is 19.5 Å². The highest BCUT2D eigenvalue weighted by molar-refractivity contribution is 5.79. The Morgan fingerprint density at radius 3 is 2.62 bits per heavy atom. The summed E-state index contributed by atoms with van der Waals surface area (Å²) in [6.45, 7) is 8.07. The number of hydrogen-bond acceptors (Lipinski definition) is 3. The molecule has 4 unspecified atom stereocenters. The number of hydrogen-bond donors (Lipinski definition) is 2. The topological polar surface area (TPSA) is 58.4 Å². The van der Waals surface area contributed by atoms with Gasteiger partial charge in [-0.05, 0) is 32.9 Å².